The summed E-state index contributed by atoms with van der Waals surface area (Å²) in [6, 6.07) is 3.76. The van der Waals surface area contributed by atoms with Crippen LogP contribution in [0, 0.1) is 6.92 Å². The van der Waals surface area contributed by atoms with E-state index in [2.05, 4.69) is 4.99 Å². The Morgan fingerprint density at radius 2 is 1.87 bits per heavy atom. The van der Waals surface area contributed by atoms with Crippen LogP contribution in [0.3, 0.4) is 0 Å². The summed E-state index contributed by atoms with van der Waals surface area (Å²) in [4.78, 5) is 3.48. The molecule has 0 aliphatic carbocycles. The van der Waals surface area contributed by atoms with Crippen molar-refractivity contribution in [2.75, 3.05) is 0 Å². The molecular weight excluding hydrogens is 207 g/mol. The third-order valence-electron chi connectivity index (χ3n) is 1.78. The molecule has 0 heterocycles. The van der Waals surface area contributed by atoms with E-state index in [0.29, 0.717) is 5.56 Å². The van der Waals surface area contributed by atoms with Crippen LogP contribution in [0.5, 0.6) is 0 Å². The topological polar surface area (TPSA) is 64.4 Å². The van der Waals surface area contributed by atoms with Crippen LogP contribution in [-0.4, -0.2) is 5.96 Å². The summed E-state index contributed by atoms with van der Waals surface area (Å²) >= 11 is 0. The first-order chi connectivity index (χ1) is 6.82. The largest absolute Gasteiger partial charge is 0.418 e. The number of guanidine groups is 1. The number of benzene rings is 1. The van der Waals surface area contributed by atoms with Crippen molar-refractivity contribution in [3.8, 4) is 0 Å². The monoisotopic (exact) mass is 217 g/mol. The molecule has 0 fully saturated rings. The zero-order chi connectivity index (χ0) is 11.6. The predicted octanol–water partition coefficient (Wildman–Crippen LogP) is 1.92. The van der Waals surface area contributed by atoms with Gasteiger partial charge in [0.05, 0.1) is 11.3 Å². The molecule has 1 aromatic carbocycles. The lowest BCUT2D eigenvalue weighted by atomic mass is 10.1. The molecule has 0 aliphatic rings. The van der Waals surface area contributed by atoms with Crippen LogP contribution in [0.15, 0.2) is 23.2 Å². The Morgan fingerprint density at radius 3 is 2.33 bits per heavy atom. The Kier molecular flexibility index (Phi) is 2.88. The van der Waals surface area contributed by atoms with E-state index in [0.717, 1.165) is 6.07 Å². The van der Waals surface area contributed by atoms with Gasteiger partial charge in [-0.2, -0.15) is 13.2 Å². The number of halogens is 3. The smallest absolute Gasteiger partial charge is 0.370 e. The number of aliphatic imine (C=N–C) groups is 1. The highest BCUT2D eigenvalue weighted by Gasteiger charge is 2.33. The Balaban J connectivity index is 3.40. The Morgan fingerprint density at radius 1 is 1.27 bits per heavy atom. The molecule has 3 nitrogen and oxygen atoms in total. The van der Waals surface area contributed by atoms with Crippen molar-refractivity contribution in [1.29, 1.82) is 0 Å². The molecule has 0 aromatic heterocycles. The molecule has 0 spiro atoms. The summed E-state index contributed by atoms with van der Waals surface area (Å²) in [6.45, 7) is 1.51. The van der Waals surface area contributed by atoms with Crippen molar-refractivity contribution in [3.63, 3.8) is 0 Å². The maximum absolute atomic E-state index is 12.5. The molecule has 0 amide bonds. The third-order valence-corrected chi connectivity index (χ3v) is 1.78. The van der Waals surface area contributed by atoms with Gasteiger partial charge in [-0.1, -0.05) is 12.1 Å². The maximum Gasteiger partial charge on any atom is 0.418 e. The molecule has 6 heteroatoms. The molecule has 0 saturated carbocycles. The Hall–Kier alpha value is -1.72. The first kappa shape index (κ1) is 11.4. The van der Waals surface area contributed by atoms with Crippen molar-refractivity contribution < 1.29 is 13.2 Å². The van der Waals surface area contributed by atoms with Crippen molar-refractivity contribution in [1.82, 2.24) is 0 Å². The van der Waals surface area contributed by atoms with Gasteiger partial charge in [0.15, 0.2) is 5.96 Å². The Bertz CT molecular complexity index is 392. The number of hydrogen-bond donors (Lipinski definition) is 2. The molecule has 0 unspecified atom stereocenters. The summed E-state index contributed by atoms with van der Waals surface area (Å²) in [5.41, 5.74) is 9.44. The van der Waals surface area contributed by atoms with Crippen LogP contribution >= 0.6 is 0 Å². The van der Waals surface area contributed by atoms with Crippen molar-refractivity contribution in [3.05, 3.63) is 29.3 Å². The second kappa shape index (κ2) is 3.80. The SMILES string of the molecule is Cc1cccc(C(F)(F)F)c1N=C(N)N. The minimum absolute atomic E-state index is 0.231. The van der Waals surface area contributed by atoms with E-state index in [-0.39, 0.29) is 5.69 Å². The van der Waals surface area contributed by atoms with E-state index in [1.807, 2.05) is 0 Å². The molecule has 0 aliphatic heterocycles. The normalized spacial score (nSPS) is 11.2. The molecular formula is C9H10F3N3. The number of alkyl halides is 3. The highest BCUT2D eigenvalue weighted by atomic mass is 19.4. The van der Waals surface area contributed by atoms with E-state index >= 15 is 0 Å². The lowest BCUT2D eigenvalue weighted by Crippen LogP contribution is -2.22. The molecule has 1 rings (SSSR count). The van der Waals surface area contributed by atoms with Crippen LogP contribution in [0.4, 0.5) is 18.9 Å². The maximum atomic E-state index is 12.5. The van der Waals surface area contributed by atoms with Gasteiger partial charge < -0.3 is 11.5 Å². The number of para-hydroxylation sites is 1. The van der Waals surface area contributed by atoms with E-state index < -0.39 is 17.7 Å². The molecule has 0 bridgehead atoms. The molecule has 82 valence electrons. The number of nitrogens with zero attached hydrogens (tertiary/aromatic N) is 1. The van der Waals surface area contributed by atoms with Gasteiger partial charge in [-0.3, -0.25) is 0 Å². The van der Waals surface area contributed by atoms with Gasteiger partial charge >= 0.3 is 6.18 Å². The number of hydrogen-bond acceptors (Lipinski definition) is 1. The van der Waals surface area contributed by atoms with Gasteiger partial charge in [0, 0.05) is 0 Å². The second-order valence-corrected chi connectivity index (χ2v) is 3.01. The van der Waals surface area contributed by atoms with Crippen LogP contribution in [0.25, 0.3) is 0 Å². The number of aryl methyl sites for hydroxylation is 1. The third kappa shape index (κ3) is 2.61. The van der Waals surface area contributed by atoms with E-state index in [9.17, 15) is 13.2 Å². The molecule has 15 heavy (non-hydrogen) atoms. The van der Waals surface area contributed by atoms with Crippen molar-refractivity contribution >= 4 is 11.6 Å². The van der Waals surface area contributed by atoms with Gasteiger partial charge in [0.25, 0.3) is 0 Å². The van der Waals surface area contributed by atoms with E-state index in [1.165, 1.54) is 19.1 Å². The standard InChI is InChI=1S/C9H10F3N3/c1-5-3-2-4-6(9(10,11)12)7(5)15-8(13)14/h2-4H,1H3,(H4,13,14,15). The minimum Gasteiger partial charge on any atom is -0.370 e. The number of nitrogens with two attached hydrogens (primary N) is 2. The van der Waals surface area contributed by atoms with Crippen LogP contribution in [-0.2, 0) is 6.18 Å². The summed E-state index contributed by atoms with van der Waals surface area (Å²) in [5, 5.41) is 0. The van der Waals surface area contributed by atoms with Gasteiger partial charge in [-0.15, -0.1) is 0 Å². The first-order valence-electron chi connectivity index (χ1n) is 4.09. The van der Waals surface area contributed by atoms with Gasteiger partial charge in [-0.05, 0) is 18.6 Å². The molecule has 0 radical (unpaired) electrons. The molecule has 0 saturated heterocycles. The molecule has 0 atom stereocenters. The predicted molar refractivity (Wildman–Crippen MR) is 51.7 cm³/mol. The second-order valence-electron chi connectivity index (χ2n) is 3.01. The van der Waals surface area contributed by atoms with E-state index in [1.54, 1.807) is 0 Å². The fourth-order valence-electron chi connectivity index (χ4n) is 1.17. The number of rotatable bonds is 1. The van der Waals surface area contributed by atoms with Crippen LogP contribution in [0.1, 0.15) is 11.1 Å². The fourth-order valence-corrected chi connectivity index (χ4v) is 1.17. The van der Waals surface area contributed by atoms with Crippen molar-refractivity contribution in [2.45, 2.75) is 13.1 Å². The van der Waals surface area contributed by atoms with Crippen molar-refractivity contribution in [2.24, 2.45) is 16.5 Å². The quantitative estimate of drug-likeness (QED) is 0.557. The lowest BCUT2D eigenvalue weighted by molar-refractivity contribution is -0.137. The average Bonchev–Trinajstić information content (AvgIpc) is 2.05. The minimum atomic E-state index is -4.46. The summed E-state index contributed by atoms with van der Waals surface area (Å²) < 4.78 is 37.6. The Labute approximate surface area is 84.6 Å². The van der Waals surface area contributed by atoms with Gasteiger partial charge in [-0.25, -0.2) is 4.99 Å². The molecule has 1 aromatic rings. The van der Waals surface area contributed by atoms with Crippen LogP contribution < -0.4 is 11.5 Å². The van der Waals surface area contributed by atoms with Gasteiger partial charge in [0.2, 0.25) is 0 Å². The highest BCUT2D eigenvalue weighted by Crippen LogP contribution is 2.37. The summed E-state index contributed by atoms with van der Waals surface area (Å²) in [5.74, 6) is -0.394. The van der Waals surface area contributed by atoms with E-state index in [4.69, 9.17) is 11.5 Å². The zero-order valence-corrected chi connectivity index (χ0v) is 7.97. The highest BCUT2D eigenvalue weighted by molar-refractivity contribution is 5.80. The van der Waals surface area contributed by atoms with Crippen LogP contribution in [0.2, 0.25) is 0 Å². The fraction of sp³-hybridized carbons (Fsp3) is 0.222. The lowest BCUT2D eigenvalue weighted by Gasteiger charge is -2.11. The first-order valence-corrected chi connectivity index (χ1v) is 4.09. The average molecular weight is 217 g/mol. The summed E-state index contributed by atoms with van der Waals surface area (Å²) in [6.07, 6.45) is -4.46. The summed E-state index contributed by atoms with van der Waals surface area (Å²) in [7, 11) is 0. The zero-order valence-electron chi connectivity index (χ0n) is 7.97. The van der Waals surface area contributed by atoms with Gasteiger partial charge in [0.1, 0.15) is 0 Å². The molecule has 4 N–H and O–H groups in total.